The number of benzene rings is 1. The summed E-state index contributed by atoms with van der Waals surface area (Å²) in [5.41, 5.74) is 1.82. The van der Waals surface area contributed by atoms with Crippen LogP contribution in [-0.4, -0.2) is 32.8 Å². The van der Waals surface area contributed by atoms with Gasteiger partial charge in [-0.3, -0.25) is 4.79 Å². The molecular formula is C12H13BrO4S. The van der Waals surface area contributed by atoms with E-state index in [1.165, 1.54) is 0 Å². The van der Waals surface area contributed by atoms with Crippen molar-refractivity contribution in [1.29, 1.82) is 0 Å². The number of fused-ring (bicyclic) bond motifs is 1. The lowest BCUT2D eigenvalue weighted by Gasteiger charge is -2.08. The molecule has 1 aromatic carbocycles. The van der Waals surface area contributed by atoms with Crippen LogP contribution in [0, 0.1) is 0 Å². The molecule has 0 aliphatic carbocycles. The summed E-state index contributed by atoms with van der Waals surface area (Å²) in [7, 11) is -3.27. The van der Waals surface area contributed by atoms with Gasteiger partial charge in [-0.15, -0.1) is 0 Å². The highest BCUT2D eigenvalue weighted by Crippen LogP contribution is 2.33. The minimum Gasteiger partial charge on any atom is -0.493 e. The van der Waals surface area contributed by atoms with Crippen molar-refractivity contribution in [2.75, 3.05) is 18.6 Å². The quantitative estimate of drug-likeness (QED) is 0.839. The molecule has 1 heterocycles. The standard InChI is InChI=1S/C12H13BrO4S/c1-18(15,16)7-11(14)6-9-5-10(13)4-8-2-3-17-12(8)9/h4-5H,2-3,6-7H2,1H3. The van der Waals surface area contributed by atoms with Gasteiger partial charge in [0.2, 0.25) is 0 Å². The molecule has 0 N–H and O–H groups in total. The van der Waals surface area contributed by atoms with Gasteiger partial charge in [-0.05, 0) is 17.7 Å². The van der Waals surface area contributed by atoms with Gasteiger partial charge >= 0.3 is 0 Å². The Balaban J connectivity index is 2.22. The molecule has 0 amide bonds. The molecule has 1 aromatic rings. The SMILES string of the molecule is CS(=O)(=O)CC(=O)Cc1cc(Br)cc2c1OCC2. The van der Waals surface area contributed by atoms with Crippen molar-refractivity contribution in [3.05, 3.63) is 27.7 Å². The second-order valence-corrected chi connectivity index (χ2v) is 7.49. The van der Waals surface area contributed by atoms with Crippen molar-refractivity contribution in [2.24, 2.45) is 0 Å². The highest BCUT2D eigenvalue weighted by molar-refractivity contribution is 9.10. The van der Waals surface area contributed by atoms with E-state index in [4.69, 9.17) is 4.74 Å². The van der Waals surface area contributed by atoms with Gasteiger partial charge in [0.05, 0.1) is 6.61 Å². The number of hydrogen-bond donors (Lipinski definition) is 0. The smallest absolute Gasteiger partial charge is 0.154 e. The largest absolute Gasteiger partial charge is 0.493 e. The summed E-state index contributed by atoms with van der Waals surface area (Å²) in [5.74, 6) is 0.00206. The van der Waals surface area contributed by atoms with Crippen LogP contribution >= 0.6 is 15.9 Å². The van der Waals surface area contributed by atoms with Crippen LogP contribution in [0.3, 0.4) is 0 Å². The topological polar surface area (TPSA) is 60.4 Å². The van der Waals surface area contributed by atoms with E-state index >= 15 is 0 Å². The molecule has 0 aromatic heterocycles. The van der Waals surface area contributed by atoms with Crippen LogP contribution in [0.15, 0.2) is 16.6 Å². The number of hydrogen-bond acceptors (Lipinski definition) is 4. The van der Waals surface area contributed by atoms with Crippen LogP contribution in [-0.2, 0) is 27.5 Å². The minimum atomic E-state index is -3.27. The molecule has 0 fully saturated rings. The summed E-state index contributed by atoms with van der Waals surface area (Å²) in [6.07, 6.45) is 1.98. The minimum absolute atomic E-state index is 0.0921. The van der Waals surface area contributed by atoms with Gasteiger partial charge in [0.25, 0.3) is 0 Å². The second-order valence-electron chi connectivity index (χ2n) is 4.44. The zero-order chi connectivity index (χ0) is 13.3. The Morgan fingerprint density at radius 2 is 2.17 bits per heavy atom. The molecule has 2 rings (SSSR count). The van der Waals surface area contributed by atoms with E-state index in [0.29, 0.717) is 6.61 Å². The predicted molar refractivity (Wildman–Crippen MR) is 71.8 cm³/mol. The number of sulfone groups is 1. The third-order valence-corrected chi connectivity index (χ3v) is 3.94. The van der Waals surface area contributed by atoms with Crippen molar-refractivity contribution >= 4 is 31.6 Å². The van der Waals surface area contributed by atoms with E-state index in [1.807, 2.05) is 12.1 Å². The molecule has 0 saturated carbocycles. The number of ether oxygens (including phenoxy) is 1. The van der Waals surface area contributed by atoms with E-state index in [0.717, 1.165) is 34.0 Å². The Kier molecular flexibility index (Phi) is 3.77. The van der Waals surface area contributed by atoms with Crippen LogP contribution in [0.5, 0.6) is 5.75 Å². The lowest BCUT2D eigenvalue weighted by atomic mass is 10.0. The molecule has 6 heteroatoms. The van der Waals surface area contributed by atoms with Crippen molar-refractivity contribution in [3.63, 3.8) is 0 Å². The summed E-state index contributed by atoms with van der Waals surface area (Å²) >= 11 is 3.38. The highest BCUT2D eigenvalue weighted by atomic mass is 79.9. The summed E-state index contributed by atoms with van der Waals surface area (Å²) in [6.45, 7) is 0.610. The zero-order valence-electron chi connectivity index (χ0n) is 9.90. The molecule has 1 aliphatic heterocycles. The molecule has 4 nitrogen and oxygen atoms in total. The molecule has 0 unspecified atom stereocenters. The van der Waals surface area contributed by atoms with Gasteiger partial charge < -0.3 is 4.74 Å². The summed E-state index contributed by atoms with van der Waals surface area (Å²) in [6, 6.07) is 3.78. The van der Waals surface area contributed by atoms with Crippen molar-refractivity contribution in [3.8, 4) is 5.75 Å². The normalized spacial score (nSPS) is 14.1. The summed E-state index contributed by atoms with van der Waals surface area (Å²) in [5, 5.41) is 0. The number of carbonyl (C=O) groups is 1. The van der Waals surface area contributed by atoms with Gasteiger partial charge in [0, 0.05) is 29.1 Å². The van der Waals surface area contributed by atoms with Crippen LogP contribution < -0.4 is 4.74 Å². The Morgan fingerprint density at radius 1 is 1.44 bits per heavy atom. The van der Waals surface area contributed by atoms with E-state index < -0.39 is 15.6 Å². The average molecular weight is 333 g/mol. The van der Waals surface area contributed by atoms with Gasteiger partial charge in [-0.1, -0.05) is 15.9 Å². The maximum absolute atomic E-state index is 11.7. The lowest BCUT2D eigenvalue weighted by Crippen LogP contribution is -2.16. The number of carbonyl (C=O) groups excluding carboxylic acids is 1. The lowest BCUT2D eigenvalue weighted by molar-refractivity contribution is -0.116. The van der Waals surface area contributed by atoms with E-state index in [9.17, 15) is 13.2 Å². The Morgan fingerprint density at radius 3 is 2.83 bits per heavy atom. The molecule has 0 saturated heterocycles. The fourth-order valence-corrected chi connectivity index (χ4v) is 3.27. The van der Waals surface area contributed by atoms with Gasteiger partial charge in [-0.2, -0.15) is 0 Å². The zero-order valence-corrected chi connectivity index (χ0v) is 12.3. The monoisotopic (exact) mass is 332 g/mol. The molecule has 18 heavy (non-hydrogen) atoms. The first-order valence-electron chi connectivity index (χ1n) is 5.49. The fourth-order valence-electron chi connectivity index (χ4n) is 2.03. The van der Waals surface area contributed by atoms with Gasteiger partial charge in [-0.25, -0.2) is 8.42 Å². The molecule has 0 radical (unpaired) electrons. The number of halogens is 1. The molecule has 0 atom stereocenters. The second kappa shape index (κ2) is 5.01. The Labute approximate surface area is 114 Å². The maximum Gasteiger partial charge on any atom is 0.154 e. The number of rotatable bonds is 4. The van der Waals surface area contributed by atoms with E-state index in [-0.39, 0.29) is 12.2 Å². The Hall–Kier alpha value is -0.880. The van der Waals surface area contributed by atoms with Crippen LogP contribution in [0.25, 0.3) is 0 Å². The number of Topliss-reactive ketones (excluding diaryl/α,β-unsaturated/α-hetero) is 1. The molecule has 0 spiro atoms. The molecule has 98 valence electrons. The highest BCUT2D eigenvalue weighted by Gasteiger charge is 2.20. The van der Waals surface area contributed by atoms with Gasteiger partial charge in [0.15, 0.2) is 15.6 Å². The fraction of sp³-hybridized carbons (Fsp3) is 0.417. The maximum atomic E-state index is 11.7. The molecule has 0 bridgehead atoms. The Bertz CT molecular complexity index is 592. The first-order valence-corrected chi connectivity index (χ1v) is 8.34. The van der Waals surface area contributed by atoms with Crippen LogP contribution in [0.4, 0.5) is 0 Å². The third-order valence-electron chi connectivity index (χ3n) is 2.64. The molecular weight excluding hydrogens is 320 g/mol. The van der Waals surface area contributed by atoms with Crippen LogP contribution in [0.2, 0.25) is 0 Å². The first-order chi connectivity index (χ1) is 8.35. The third kappa shape index (κ3) is 3.32. The van der Waals surface area contributed by atoms with E-state index in [1.54, 1.807) is 0 Å². The van der Waals surface area contributed by atoms with Crippen molar-refractivity contribution in [1.82, 2.24) is 0 Å². The van der Waals surface area contributed by atoms with Crippen molar-refractivity contribution in [2.45, 2.75) is 12.8 Å². The molecule has 1 aliphatic rings. The predicted octanol–water partition coefficient (Wildman–Crippen LogP) is 1.54. The van der Waals surface area contributed by atoms with Gasteiger partial charge in [0.1, 0.15) is 11.5 Å². The summed E-state index contributed by atoms with van der Waals surface area (Å²) < 4.78 is 28.5. The summed E-state index contributed by atoms with van der Waals surface area (Å²) in [4.78, 5) is 11.7. The first kappa shape index (κ1) is 13.5. The average Bonchev–Trinajstić information content (AvgIpc) is 2.61. The van der Waals surface area contributed by atoms with E-state index in [2.05, 4.69) is 15.9 Å². The van der Waals surface area contributed by atoms with Crippen molar-refractivity contribution < 1.29 is 17.9 Å². The number of ketones is 1. The van der Waals surface area contributed by atoms with Crippen LogP contribution in [0.1, 0.15) is 11.1 Å².